The van der Waals surface area contributed by atoms with Crippen molar-refractivity contribution >= 4 is 0 Å². The molecule has 0 atom stereocenters. The van der Waals surface area contributed by atoms with Crippen LogP contribution in [-0.4, -0.2) is 19.1 Å². The zero-order valence-corrected chi connectivity index (χ0v) is 9.58. The Morgan fingerprint density at radius 3 is 2.33 bits per heavy atom. The molecular weight excluding hydrogens is 184 g/mol. The average Bonchev–Trinajstić information content (AvgIpc) is 3.04. The molecule has 3 N–H and O–H groups in total. The lowest BCUT2D eigenvalue weighted by Crippen LogP contribution is -2.19. The third-order valence-electron chi connectivity index (χ3n) is 2.33. The minimum absolute atomic E-state index is 0.819. The Labute approximate surface area is 92.9 Å². The fourth-order valence-electron chi connectivity index (χ4n) is 1.23. The minimum Gasteiger partial charge on any atom is -0.330 e. The summed E-state index contributed by atoms with van der Waals surface area (Å²) < 4.78 is 0. The molecule has 0 heterocycles. The van der Waals surface area contributed by atoms with Gasteiger partial charge in [-0.15, -0.1) is 0 Å². The summed E-state index contributed by atoms with van der Waals surface area (Å²) in [6, 6.07) is 11.1. The summed E-state index contributed by atoms with van der Waals surface area (Å²) in [5, 5.41) is 3.38. The van der Waals surface area contributed by atoms with Gasteiger partial charge in [0.1, 0.15) is 0 Å². The zero-order valence-electron chi connectivity index (χ0n) is 9.58. The summed E-state index contributed by atoms with van der Waals surface area (Å²) >= 11 is 0. The van der Waals surface area contributed by atoms with Gasteiger partial charge in [-0.3, -0.25) is 0 Å². The molecule has 2 nitrogen and oxygen atoms in total. The van der Waals surface area contributed by atoms with E-state index in [1.54, 1.807) is 0 Å². The van der Waals surface area contributed by atoms with Gasteiger partial charge in [0.15, 0.2) is 0 Å². The largest absolute Gasteiger partial charge is 0.330 e. The van der Waals surface area contributed by atoms with Crippen LogP contribution in [0.2, 0.25) is 0 Å². The van der Waals surface area contributed by atoms with Crippen LogP contribution in [0.5, 0.6) is 0 Å². The van der Waals surface area contributed by atoms with Crippen molar-refractivity contribution in [1.82, 2.24) is 5.32 Å². The number of nitrogens with two attached hydrogens (primary N) is 1. The Kier molecular flexibility index (Phi) is 6.05. The van der Waals surface area contributed by atoms with Gasteiger partial charge in [-0.05, 0) is 39.3 Å². The van der Waals surface area contributed by atoms with E-state index < -0.39 is 0 Å². The normalized spacial score (nSPS) is 14.3. The lowest BCUT2D eigenvalue weighted by molar-refractivity contribution is 0.651. The summed E-state index contributed by atoms with van der Waals surface area (Å²) in [4.78, 5) is 0. The van der Waals surface area contributed by atoms with E-state index in [1.165, 1.54) is 18.4 Å². The number of nitrogens with one attached hydrogen (secondary N) is 1. The van der Waals surface area contributed by atoms with Gasteiger partial charge in [0.25, 0.3) is 0 Å². The molecule has 0 unspecified atom stereocenters. The van der Waals surface area contributed by atoms with E-state index in [1.807, 2.05) is 18.2 Å². The Bertz CT molecular complexity index is 242. The summed E-state index contributed by atoms with van der Waals surface area (Å²) in [6.07, 6.45) is 3.88. The molecular formula is C13H22N2. The van der Waals surface area contributed by atoms with Crippen LogP contribution in [0.4, 0.5) is 0 Å². The van der Waals surface area contributed by atoms with E-state index in [0.29, 0.717) is 0 Å². The standard InChI is InChI=1S/C7H8.C6H14N2/c1-7-5-3-2-4-6-7;7-4-1-5-8-6-2-3-6/h2-6H,1H3;6,8H,1-5,7H2. The summed E-state index contributed by atoms with van der Waals surface area (Å²) in [5.41, 5.74) is 6.62. The monoisotopic (exact) mass is 206 g/mol. The molecule has 2 rings (SSSR count). The first-order chi connectivity index (χ1) is 7.33. The lowest BCUT2D eigenvalue weighted by atomic mass is 10.2. The predicted molar refractivity (Wildman–Crippen MR) is 65.9 cm³/mol. The molecule has 2 heteroatoms. The second-order valence-corrected chi connectivity index (χ2v) is 4.03. The first kappa shape index (κ1) is 12.2. The Morgan fingerprint density at radius 1 is 1.27 bits per heavy atom. The van der Waals surface area contributed by atoms with Crippen LogP contribution in [0.1, 0.15) is 24.8 Å². The number of benzene rings is 1. The molecule has 0 saturated heterocycles. The van der Waals surface area contributed by atoms with Crippen molar-refractivity contribution in [2.75, 3.05) is 13.1 Å². The molecule has 1 aliphatic carbocycles. The maximum absolute atomic E-state index is 5.30. The molecule has 0 bridgehead atoms. The fraction of sp³-hybridized carbons (Fsp3) is 0.538. The van der Waals surface area contributed by atoms with Crippen LogP contribution in [0.15, 0.2) is 30.3 Å². The molecule has 0 amide bonds. The number of rotatable bonds is 4. The molecule has 1 aliphatic rings. The molecule has 1 saturated carbocycles. The van der Waals surface area contributed by atoms with E-state index in [0.717, 1.165) is 25.6 Å². The molecule has 84 valence electrons. The minimum atomic E-state index is 0.819. The number of hydrogen-bond donors (Lipinski definition) is 2. The Morgan fingerprint density at radius 2 is 1.93 bits per heavy atom. The third kappa shape index (κ3) is 7.11. The Balaban J connectivity index is 0.000000151. The van der Waals surface area contributed by atoms with E-state index >= 15 is 0 Å². The van der Waals surface area contributed by atoms with Crippen molar-refractivity contribution in [1.29, 1.82) is 0 Å². The number of hydrogen-bond acceptors (Lipinski definition) is 2. The van der Waals surface area contributed by atoms with Gasteiger partial charge in [-0.25, -0.2) is 0 Å². The van der Waals surface area contributed by atoms with E-state index in [9.17, 15) is 0 Å². The van der Waals surface area contributed by atoms with Crippen molar-refractivity contribution in [2.24, 2.45) is 5.73 Å². The summed E-state index contributed by atoms with van der Waals surface area (Å²) in [7, 11) is 0. The maximum Gasteiger partial charge on any atom is 0.00682 e. The second kappa shape index (κ2) is 7.43. The molecule has 1 aromatic rings. The molecule has 0 aromatic heterocycles. The molecule has 1 aromatic carbocycles. The lowest BCUT2D eigenvalue weighted by Gasteiger charge is -1.97. The van der Waals surface area contributed by atoms with Gasteiger partial charge in [-0.2, -0.15) is 0 Å². The predicted octanol–water partition coefficient (Wildman–Crippen LogP) is 2.08. The topological polar surface area (TPSA) is 38.0 Å². The van der Waals surface area contributed by atoms with Gasteiger partial charge in [0.2, 0.25) is 0 Å². The first-order valence-electron chi connectivity index (χ1n) is 5.78. The van der Waals surface area contributed by atoms with Crippen molar-refractivity contribution < 1.29 is 0 Å². The highest BCUT2D eigenvalue weighted by molar-refractivity contribution is 5.11. The summed E-state index contributed by atoms with van der Waals surface area (Å²) in [5.74, 6) is 0. The average molecular weight is 206 g/mol. The highest BCUT2D eigenvalue weighted by atomic mass is 14.9. The maximum atomic E-state index is 5.30. The number of aryl methyl sites for hydroxylation is 1. The smallest absolute Gasteiger partial charge is 0.00682 e. The summed E-state index contributed by atoms with van der Waals surface area (Å²) in [6.45, 7) is 4.01. The van der Waals surface area contributed by atoms with E-state index in [4.69, 9.17) is 5.73 Å². The highest BCUT2D eigenvalue weighted by Crippen LogP contribution is 2.17. The van der Waals surface area contributed by atoms with E-state index in [2.05, 4.69) is 24.4 Å². The molecule has 0 radical (unpaired) electrons. The van der Waals surface area contributed by atoms with Crippen LogP contribution in [0.3, 0.4) is 0 Å². The van der Waals surface area contributed by atoms with Crippen LogP contribution in [0, 0.1) is 6.92 Å². The third-order valence-corrected chi connectivity index (χ3v) is 2.33. The fourth-order valence-corrected chi connectivity index (χ4v) is 1.23. The quantitative estimate of drug-likeness (QED) is 0.740. The van der Waals surface area contributed by atoms with E-state index in [-0.39, 0.29) is 0 Å². The highest BCUT2D eigenvalue weighted by Gasteiger charge is 2.19. The molecule has 0 spiro atoms. The molecule has 0 aliphatic heterocycles. The molecule has 1 fully saturated rings. The SMILES string of the molecule is Cc1ccccc1.NCCCNC1CC1. The van der Waals surface area contributed by atoms with Crippen LogP contribution >= 0.6 is 0 Å². The zero-order chi connectivity index (χ0) is 10.9. The van der Waals surface area contributed by atoms with Gasteiger partial charge in [0, 0.05) is 6.04 Å². The first-order valence-corrected chi connectivity index (χ1v) is 5.78. The Hall–Kier alpha value is -0.860. The van der Waals surface area contributed by atoms with Gasteiger partial charge >= 0.3 is 0 Å². The van der Waals surface area contributed by atoms with Crippen molar-refractivity contribution in [3.05, 3.63) is 35.9 Å². The second-order valence-electron chi connectivity index (χ2n) is 4.03. The van der Waals surface area contributed by atoms with Crippen molar-refractivity contribution in [3.8, 4) is 0 Å². The van der Waals surface area contributed by atoms with Crippen molar-refractivity contribution in [2.45, 2.75) is 32.2 Å². The van der Waals surface area contributed by atoms with Gasteiger partial charge in [-0.1, -0.05) is 35.9 Å². The molecule has 15 heavy (non-hydrogen) atoms. The van der Waals surface area contributed by atoms with Crippen LogP contribution < -0.4 is 11.1 Å². The van der Waals surface area contributed by atoms with Crippen molar-refractivity contribution in [3.63, 3.8) is 0 Å². The van der Waals surface area contributed by atoms with Crippen LogP contribution in [-0.2, 0) is 0 Å². The van der Waals surface area contributed by atoms with Gasteiger partial charge in [0.05, 0.1) is 0 Å². The van der Waals surface area contributed by atoms with Crippen LogP contribution in [0.25, 0.3) is 0 Å². The van der Waals surface area contributed by atoms with Gasteiger partial charge < -0.3 is 11.1 Å².